The molecule has 132 valence electrons. The number of ether oxygens (including phenoxy) is 1. The minimum atomic E-state index is -0.0522. The lowest BCUT2D eigenvalue weighted by Crippen LogP contribution is -2.43. The van der Waals surface area contributed by atoms with E-state index in [4.69, 9.17) is 4.74 Å². The zero-order valence-electron chi connectivity index (χ0n) is 14.5. The molecule has 2 fully saturated rings. The number of piperidine rings is 1. The number of nitrogens with one attached hydrogen (secondary N) is 1. The van der Waals surface area contributed by atoms with Gasteiger partial charge in [0.05, 0.1) is 6.61 Å². The van der Waals surface area contributed by atoms with Crippen LogP contribution in [0.2, 0.25) is 0 Å². The SMILES string of the molecule is CCOc1ncccc1NC(=O)N1CCC(CN2CCCC2)CC1. The van der Waals surface area contributed by atoms with Crippen LogP contribution in [0.5, 0.6) is 5.88 Å². The highest BCUT2D eigenvalue weighted by Crippen LogP contribution is 2.24. The summed E-state index contributed by atoms with van der Waals surface area (Å²) < 4.78 is 5.47. The number of carbonyl (C=O) groups excluding carboxylic acids is 1. The van der Waals surface area contributed by atoms with E-state index in [0.29, 0.717) is 18.2 Å². The summed E-state index contributed by atoms with van der Waals surface area (Å²) in [6.07, 6.45) is 6.54. The van der Waals surface area contributed by atoms with Gasteiger partial charge in [0.15, 0.2) is 0 Å². The molecule has 6 nitrogen and oxygen atoms in total. The lowest BCUT2D eigenvalue weighted by molar-refractivity contribution is 0.163. The Morgan fingerprint density at radius 1 is 1.29 bits per heavy atom. The third-order valence-electron chi connectivity index (χ3n) is 4.91. The van der Waals surface area contributed by atoms with Crippen molar-refractivity contribution in [3.05, 3.63) is 18.3 Å². The van der Waals surface area contributed by atoms with Crippen molar-refractivity contribution in [2.45, 2.75) is 32.6 Å². The zero-order valence-corrected chi connectivity index (χ0v) is 14.5. The summed E-state index contributed by atoms with van der Waals surface area (Å²) in [5.41, 5.74) is 0.642. The molecule has 2 aliphatic rings. The van der Waals surface area contributed by atoms with Gasteiger partial charge < -0.3 is 19.9 Å². The van der Waals surface area contributed by atoms with Crippen molar-refractivity contribution >= 4 is 11.7 Å². The molecule has 1 aromatic rings. The van der Waals surface area contributed by atoms with E-state index >= 15 is 0 Å². The van der Waals surface area contributed by atoms with E-state index in [1.807, 2.05) is 17.9 Å². The Morgan fingerprint density at radius 3 is 2.75 bits per heavy atom. The number of carbonyl (C=O) groups is 1. The fourth-order valence-corrected chi connectivity index (χ4v) is 3.58. The molecule has 0 radical (unpaired) electrons. The number of anilines is 1. The second-order valence-corrected chi connectivity index (χ2v) is 6.66. The molecular weight excluding hydrogens is 304 g/mol. The molecule has 0 atom stereocenters. The Morgan fingerprint density at radius 2 is 2.04 bits per heavy atom. The van der Waals surface area contributed by atoms with E-state index in [1.54, 1.807) is 12.3 Å². The predicted octanol–water partition coefficient (Wildman–Crippen LogP) is 2.82. The van der Waals surface area contributed by atoms with E-state index in [2.05, 4.69) is 15.2 Å². The van der Waals surface area contributed by atoms with Crippen LogP contribution in [0.4, 0.5) is 10.5 Å². The van der Waals surface area contributed by atoms with Gasteiger partial charge in [-0.3, -0.25) is 0 Å². The van der Waals surface area contributed by atoms with Gasteiger partial charge in [-0.15, -0.1) is 0 Å². The van der Waals surface area contributed by atoms with E-state index < -0.39 is 0 Å². The molecule has 0 aromatic carbocycles. The number of nitrogens with zero attached hydrogens (tertiary/aromatic N) is 3. The van der Waals surface area contributed by atoms with Crippen LogP contribution < -0.4 is 10.1 Å². The number of hydrogen-bond donors (Lipinski definition) is 1. The molecule has 0 spiro atoms. The minimum absolute atomic E-state index is 0.0522. The minimum Gasteiger partial charge on any atom is -0.476 e. The average molecular weight is 332 g/mol. The molecule has 3 rings (SSSR count). The fourth-order valence-electron chi connectivity index (χ4n) is 3.58. The van der Waals surface area contributed by atoms with Crippen LogP contribution in [0.25, 0.3) is 0 Å². The average Bonchev–Trinajstić information content (AvgIpc) is 3.10. The number of rotatable bonds is 5. The topological polar surface area (TPSA) is 57.7 Å². The van der Waals surface area contributed by atoms with Gasteiger partial charge in [0.2, 0.25) is 5.88 Å². The third kappa shape index (κ3) is 4.38. The van der Waals surface area contributed by atoms with Crippen molar-refractivity contribution in [2.24, 2.45) is 5.92 Å². The molecule has 3 heterocycles. The van der Waals surface area contributed by atoms with E-state index in [-0.39, 0.29) is 6.03 Å². The third-order valence-corrected chi connectivity index (χ3v) is 4.91. The monoisotopic (exact) mass is 332 g/mol. The molecule has 2 saturated heterocycles. The van der Waals surface area contributed by atoms with Gasteiger partial charge in [-0.1, -0.05) is 0 Å². The Hall–Kier alpha value is -1.82. The fraction of sp³-hybridized carbons (Fsp3) is 0.667. The van der Waals surface area contributed by atoms with Crippen LogP contribution in [0, 0.1) is 5.92 Å². The molecule has 2 aliphatic heterocycles. The molecule has 2 amide bonds. The predicted molar refractivity (Wildman–Crippen MR) is 94.4 cm³/mol. The maximum absolute atomic E-state index is 12.5. The van der Waals surface area contributed by atoms with Crippen LogP contribution in [-0.2, 0) is 0 Å². The summed E-state index contributed by atoms with van der Waals surface area (Å²) in [4.78, 5) is 21.2. The van der Waals surface area contributed by atoms with E-state index in [1.165, 1.54) is 32.5 Å². The molecule has 0 bridgehead atoms. The Balaban J connectivity index is 1.48. The maximum Gasteiger partial charge on any atom is 0.321 e. The van der Waals surface area contributed by atoms with Crippen molar-refractivity contribution in [2.75, 3.05) is 44.6 Å². The largest absolute Gasteiger partial charge is 0.476 e. The Labute approximate surface area is 144 Å². The maximum atomic E-state index is 12.5. The van der Waals surface area contributed by atoms with Gasteiger partial charge >= 0.3 is 6.03 Å². The number of amides is 2. The lowest BCUT2D eigenvalue weighted by Gasteiger charge is -2.33. The molecular formula is C18H28N4O2. The van der Waals surface area contributed by atoms with Crippen LogP contribution in [0.1, 0.15) is 32.6 Å². The second kappa shape index (κ2) is 8.33. The number of hydrogen-bond acceptors (Lipinski definition) is 4. The second-order valence-electron chi connectivity index (χ2n) is 6.66. The summed E-state index contributed by atoms with van der Waals surface area (Å²) in [7, 11) is 0. The van der Waals surface area contributed by atoms with Gasteiger partial charge in [-0.25, -0.2) is 9.78 Å². The first-order chi connectivity index (χ1) is 11.8. The Bertz CT molecular complexity index is 538. The first-order valence-electron chi connectivity index (χ1n) is 9.12. The summed E-state index contributed by atoms with van der Waals surface area (Å²) >= 11 is 0. The molecule has 1 aromatic heterocycles. The quantitative estimate of drug-likeness (QED) is 0.901. The number of urea groups is 1. The van der Waals surface area contributed by atoms with E-state index in [0.717, 1.165) is 31.8 Å². The summed E-state index contributed by atoms with van der Waals surface area (Å²) in [5.74, 6) is 1.21. The van der Waals surface area contributed by atoms with Crippen molar-refractivity contribution in [3.8, 4) is 5.88 Å². The van der Waals surface area contributed by atoms with Crippen LogP contribution in [0.3, 0.4) is 0 Å². The van der Waals surface area contributed by atoms with Gasteiger partial charge in [-0.2, -0.15) is 0 Å². The van der Waals surface area contributed by atoms with Gasteiger partial charge in [0.25, 0.3) is 0 Å². The van der Waals surface area contributed by atoms with Gasteiger partial charge in [0, 0.05) is 25.8 Å². The molecule has 0 saturated carbocycles. The van der Waals surface area contributed by atoms with E-state index in [9.17, 15) is 4.79 Å². The van der Waals surface area contributed by atoms with Crippen LogP contribution in [-0.4, -0.2) is 60.1 Å². The smallest absolute Gasteiger partial charge is 0.321 e. The summed E-state index contributed by atoms with van der Waals surface area (Å²) in [6, 6.07) is 3.58. The molecule has 24 heavy (non-hydrogen) atoms. The van der Waals surface area contributed by atoms with Crippen LogP contribution in [0.15, 0.2) is 18.3 Å². The van der Waals surface area contributed by atoms with Crippen molar-refractivity contribution in [3.63, 3.8) is 0 Å². The van der Waals surface area contributed by atoms with Crippen molar-refractivity contribution in [1.29, 1.82) is 0 Å². The highest BCUT2D eigenvalue weighted by atomic mass is 16.5. The molecule has 0 unspecified atom stereocenters. The van der Waals surface area contributed by atoms with Crippen LogP contribution >= 0.6 is 0 Å². The molecule has 0 aliphatic carbocycles. The number of likely N-dealkylation sites (tertiary alicyclic amines) is 2. The van der Waals surface area contributed by atoms with Crippen molar-refractivity contribution < 1.29 is 9.53 Å². The summed E-state index contributed by atoms with van der Waals surface area (Å²) in [5, 5.41) is 2.94. The zero-order chi connectivity index (χ0) is 16.8. The first kappa shape index (κ1) is 17.0. The van der Waals surface area contributed by atoms with Gasteiger partial charge in [-0.05, 0) is 63.7 Å². The van der Waals surface area contributed by atoms with Gasteiger partial charge in [0.1, 0.15) is 5.69 Å². The standard InChI is InChI=1S/C18H28N4O2/c1-2-24-17-16(6-5-9-19-17)20-18(23)22-12-7-15(8-13-22)14-21-10-3-4-11-21/h5-6,9,15H,2-4,7-8,10-14H2,1H3,(H,20,23). The highest BCUT2D eigenvalue weighted by Gasteiger charge is 2.25. The number of pyridine rings is 1. The highest BCUT2D eigenvalue weighted by molar-refractivity contribution is 5.90. The van der Waals surface area contributed by atoms with Crippen molar-refractivity contribution in [1.82, 2.24) is 14.8 Å². The Kier molecular flexibility index (Phi) is 5.91. The molecule has 1 N–H and O–H groups in total. The lowest BCUT2D eigenvalue weighted by atomic mass is 9.96. The number of aromatic nitrogens is 1. The summed E-state index contributed by atoms with van der Waals surface area (Å²) in [6.45, 7) is 7.80. The molecule has 6 heteroatoms. The normalized spacial score (nSPS) is 19.5. The first-order valence-corrected chi connectivity index (χ1v) is 9.12.